The normalized spacial score (nSPS) is 22.9. The third-order valence-electron chi connectivity index (χ3n) is 8.90. The number of anilines is 1. The number of nitrogens with zero attached hydrogens (tertiary/aromatic N) is 5. The average Bonchev–Trinajstić information content (AvgIpc) is 3.04. The summed E-state index contributed by atoms with van der Waals surface area (Å²) in [6.07, 6.45) is 4.12. The standard InChI is InChI=1S/C31H38ClN5O7S2/c1-45(39,40)44-31-30(38)36(20-23-8-12-35(13-9-23)27-6-10-33-11-7-27)28(21-34-14-16-43-17-15-34)22-37(31)46(41,42)29-5-3-24-18-26(32)4-2-25(24)19-29/h2-7,10-11,18-19,23,28,31H,8-9,12-17,20-22H2,1H3. The van der Waals surface area contributed by atoms with Gasteiger partial charge in [-0.25, -0.2) is 12.6 Å². The van der Waals surface area contributed by atoms with Gasteiger partial charge in [0.15, 0.2) is 0 Å². The van der Waals surface area contributed by atoms with E-state index in [0.29, 0.717) is 49.8 Å². The topological polar surface area (TPSA) is 130 Å². The van der Waals surface area contributed by atoms with Crippen molar-refractivity contribution in [2.45, 2.75) is 30.0 Å². The van der Waals surface area contributed by atoms with Crippen LogP contribution in [-0.4, -0.2) is 119 Å². The largest absolute Gasteiger partial charge is 0.379 e. The Morgan fingerprint density at radius 2 is 1.59 bits per heavy atom. The molecule has 3 saturated heterocycles. The second-order valence-corrected chi connectivity index (χ2v) is 16.0. The molecule has 2 aromatic carbocycles. The van der Waals surface area contributed by atoms with Gasteiger partial charge in [0.1, 0.15) is 0 Å². The van der Waals surface area contributed by atoms with E-state index in [0.717, 1.165) is 47.6 Å². The van der Waals surface area contributed by atoms with Crippen molar-refractivity contribution in [2.24, 2.45) is 5.92 Å². The zero-order valence-corrected chi connectivity index (χ0v) is 28.0. The van der Waals surface area contributed by atoms with E-state index in [9.17, 15) is 21.6 Å². The minimum Gasteiger partial charge on any atom is -0.379 e. The molecule has 3 aliphatic heterocycles. The Morgan fingerprint density at radius 1 is 0.913 bits per heavy atom. The molecule has 248 valence electrons. The van der Waals surface area contributed by atoms with Crippen molar-refractivity contribution >= 4 is 54.1 Å². The van der Waals surface area contributed by atoms with E-state index in [1.54, 1.807) is 41.6 Å². The van der Waals surface area contributed by atoms with Gasteiger partial charge in [-0.2, -0.15) is 12.7 Å². The SMILES string of the molecule is CS(=O)(=O)OC1C(=O)N(CC2CCN(c3ccncc3)CC2)C(CN2CCOCC2)CN1S(=O)(=O)c1ccc2cc(Cl)ccc2c1. The molecule has 3 aromatic rings. The molecule has 0 spiro atoms. The van der Waals surface area contributed by atoms with Gasteiger partial charge in [0.2, 0.25) is 16.3 Å². The molecule has 1 amide bonds. The number of benzene rings is 2. The van der Waals surface area contributed by atoms with Crippen LogP contribution in [0.1, 0.15) is 12.8 Å². The number of carbonyl (C=O) groups excluding carboxylic acids is 1. The smallest absolute Gasteiger partial charge is 0.269 e. The van der Waals surface area contributed by atoms with Crippen LogP contribution >= 0.6 is 11.6 Å². The fraction of sp³-hybridized carbons (Fsp3) is 0.484. The Hall–Kier alpha value is -2.85. The van der Waals surface area contributed by atoms with E-state index in [1.165, 1.54) is 12.1 Å². The summed E-state index contributed by atoms with van der Waals surface area (Å²) in [6.45, 7) is 4.61. The molecule has 0 radical (unpaired) electrons. The summed E-state index contributed by atoms with van der Waals surface area (Å²) in [4.78, 5) is 24.4. The molecule has 2 unspecified atom stereocenters. The van der Waals surface area contributed by atoms with Crippen molar-refractivity contribution in [3.05, 3.63) is 65.9 Å². The van der Waals surface area contributed by atoms with Crippen LogP contribution in [0.2, 0.25) is 5.02 Å². The number of rotatable bonds is 9. The van der Waals surface area contributed by atoms with Crippen molar-refractivity contribution in [3.63, 3.8) is 0 Å². The van der Waals surface area contributed by atoms with Crippen LogP contribution in [0.5, 0.6) is 0 Å². The van der Waals surface area contributed by atoms with Gasteiger partial charge in [-0.15, -0.1) is 0 Å². The van der Waals surface area contributed by atoms with E-state index in [2.05, 4.69) is 14.8 Å². The number of amides is 1. The number of fused-ring (bicyclic) bond motifs is 1. The number of piperazine rings is 1. The molecule has 4 heterocycles. The van der Waals surface area contributed by atoms with E-state index in [4.69, 9.17) is 20.5 Å². The van der Waals surface area contributed by atoms with Gasteiger partial charge in [-0.3, -0.25) is 14.7 Å². The number of morpholine rings is 1. The van der Waals surface area contributed by atoms with Crippen LogP contribution in [0.3, 0.4) is 0 Å². The highest BCUT2D eigenvalue weighted by molar-refractivity contribution is 7.89. The molecule has 1 aromatic heterocycles. The predicted molar refractivity (Wildman–Crippen MR) is 175 cm³/mol. The van der Waals surface area contributed by atoms with Crippen LogP contribution in [-0.2, 0) is 33.9 Å². The molecule has 0 aliphatic carbocycles. The fourth-order valence-corrected chi connectivity index (χ4v) is 8.79. The molecule has 6 rings (SSSR count). The Balaban J connectivity index is 1.30. The number of ether oxygens (including phenoxy) is 1. The third kappa shape index (κ3) is 7.48. The lowest BCUT2D eigenvalue weighted by Gasteiger charge is -2.47. The highest BCUT2D eigenvalue weighted by atomic mass is 35.5. The highest BCUT2D eigenvalue weighted by Crippen LogP contribution is 2.32. The first-order chi connectivity index (χ1) is 22.0. The maximum absolute atomic E-state index is 14.3. The van der Waals surface area contributed by atoms with Gasteiger partial charge >= 0.3 is 0 Å². The molecular formula is C31H38ClN5O7S2. The van der Waals surface area contributed by atoms with E-state index in [1.807, 2.05) is 12.1 Å². The summed E-state index contributed by atoms with van der Waals surface area (Å²) in [5, 5.41) is 1.90. The minimum absolute atomic E-state index is 0.0701. The molecule has 2 atom stereocenters. The lowest BCUT2D eigenvalue weighted by atomic mass is 9.94. The Bertz CT molecular complexity index is 1770. The molecule has 3 fully saturated rings. The highest BCUT2D eigenvalue weighted by Gasteiger charge is 2.49. The lowest BCUT2D eigenvalue weighted by molar-refractivity contribution is -0.155. The quantitative estimate of drug-likeness (QED) is 0.309. The molecule has 0 saturated carbocycles. The second kappa shape index (κ2) is 13.7. The number of hydrogen-bond acceptors (Lipinski definition) is 10. The van der Waals surface area contributed by atoms with Crippen LogP contribution in [0.15, 0.2) is 65.8 Å². The summed E-state index contributed by atoms with van der Waals surface area (Å²) in [7, 11) is -8.60. The average molecular weight is 692 g/mol. The molecular weight excluding hydrogens is 654 g/mol. The van der Waals surface area contributed by atoms with E-state index < -0.39 is 38.3 Å². The molecule has 15 heteroatoms. The number of carbonyl (C=O) groups is 1. The summed E-state index contributed by atoms with van der Waals surface area (Å²) < 4.78 is 65.2. The van der Waals surface area contributed by atoms with E-state index >= 15 is 0 Å². The first-order valence-corrected chi connectivity index (χ1v) is 19.0. The maximum atomic E-state index is 14.3. The van der Waals surface area contributed by atoms with Gasteiger partial charge in [0.05, 0.1) is 30.4 Å². The van der Waals surface area contributed by atoms with Gasteiger partial charge in [0, 0.05) is 68.9 Å². The number of sulfonamides is 1. The molecule has 0 bridgehead atoms. The zero-order valence-electron chi connectivity index (χ0n) is 25.6. The number of pyridine rings is 1. The van der Waals surface area contributed by atoms with Crippen molar-refractivity contribution in [2.75, 3.05) is 70.2 Å². The number of piperidine rings is 1. The lowest BCUT2D eigenvalue weighted by Crippen LogP contribution is -2.67. The monoisotopic (exact) mass is 691 g/mol. The van der Waals surface area contributed by atoms with Crippen LogP contribution < -0.4 is 4.90 Å². The van der Waals surface area contributed by atoms with Crippen LogP contribution in [0.25, 0.3) is 10.8 Å². The van der Waals surface area contributed by atoms with Crippen LogP contribution in [0, 0.1) is 5.92 Å². The number of hydrogen-bond donors (Lipinski definition) is 0. The molecule has 12 nitrogen and oxygen atoms in total. The summed E-state index contributed by atoms with van der Waals surface area (Å²) in [5.74, 6) is -0.536. The van der Waals surface area contributed by atoms with Gasteiger partial charge in [-0.1, -0.05) is 23.7 Å². The van der Waals surface area contributed by atoms with Crippen molar-refractivity contribution in [1.29, 1.82) is 0 Å². The van der Waals surface area contributed by atoms with Crippen molar-refractivity contribution in [3.8, 4) is 0 Å². The van der Waals surface area contributed by atoms with Crippen LogP contribution in [0.4, 0.5) is 5.69 Å². The molecule has 3 aliphatic rings. The van der Waals surface area contributed by atoms with Gasteiger partial charge in [0.25, 0.3) is 16.0 Å². The Morgan fingerprint density at radius 3 is 2.28 bits per heavy atom. The number of halogens is 1. The zero-order chi connectivity index (χ0) is 32.5. The molecule has 46 heavy (non-hydrogen) atoms. The minimum atomic E-state index is -4.38. The first kappa shape index (κ1) is 33.1. The Kier molecular flexibility index (Phi) is 9.86. The van der Waals surface area contributed by atoms with Gasteiger partial charge < -0.3 is 14.5 Å². The summed E-state index contributed by atoms with van der Waals surface area (Å²) >= 11 is 6.12. The van der Waals surface area contributed by atoms with Crippen molar-refractivity contribution in [1.82, 2.24) is 19.1 Å². The maximum Gasteiger partial charge on any atom is 0.269 e. The second-order valence-electron chi connectivity index (χ2n) is 12.1. The fourth-order valence-electron chi connectivity index (χ4n) is 6.50. The number of aromatic nitrogens is 1. The third-order valence-corrected chi connectivity index (χ3v) is 11.5. The molecule has 0 N–H and O–H groups in total. The predicted octanol–water partition coefficient (Wildman–Crippen LogP) is 2.64. The summed E-state index contributed by atoms with van der Waals surface area (Å²) in [6, 6.07) is 13.1. The van der Waals surface area contributed by atoms with E-state index in [-0.39, 0.29) is 17.4 Å². The van der Waals surface area contributed by atoms with Crippen molar-refractivity contribution < 1.29 is 30.6 Å². The summed E-state index contributed by atoms with van der Waals surface area (Å²) in [5.41, 5.74) is 1.09. The first-order valence-electron chi connectivity index (χ1n) is 15.3. The Labute approximate surface area is 275 Å². The van der Waals surface area contributed by atoms with Gasteiger partial charge in [-0.05, 0) is 65.9 Å².